The van der Waals surface area contributed by atoms with E-state index in [-0.39, 0.29) is 39.3 Å². The van der Waals surface area contributed by atoms with Crippen LogP contribution in [0.5, 0.6) is 5.75 Å². The van der Waals surface area contributed by atoms with E-state index in [1.54, 1.807) is 12.4 Å². The van der Waals surface area contributed by atoms with Crippen LogP contribution >= 0.6 is 0 Å². The molecule has 236 valence electrons. The van der Waals surface area contributed by atoms with Crippen molar-refractivity contribution in [3.8, 4) is 5.75 Å². The minimum absolute atomic E-state index is 0. The van der Waals surface area contributed by atoms with Gasteiger partial charge in [-0.15, -0.1) is 0 Å². The second-order valence-corrected chi connectivity index (χ2v) is 6.75. The maximum atomic E-state index is 12.6. The molecule has 0 amide bonds. The minimum Gasteiger partial charge on any atom is -0.872 e. The van der Waals surface area contributed by atoms with Gasteiger partial charge in [-0.3, -0.25) is 29.6 Å². The maximum absolute atomic E-state index is 12.6. The van der Waals surface area contributed by atoms with Gasteiger partial charge in [-0.1, -0.05) is 45.6 Å². The summed E-state index contributed by atoms with van der Waals surface area (Å²) in [5.41, 5.74) is 56.4. The molecule has 0 heterocycles. The van der Waals surface area contributed by atoms with E-state index in [1.165, 1.54) is 19.6 Å². The molecule has 0 spiro atoms. The van der Waals surface area contributed by atoms with Crippen LogP contribution in [0.1, 0.15) is 44.4 Å². The van der Waals surface area contributed by atoms with Gasteiger partial charge in [0.15, 0.2) is 0 Å². The largest absolute Gasteiger partial charge is 3.00 e. The van der Waals surface area contributed by atoms with E-state index >= 15 is 0 Å². The molecule has 18 nitrogen and oxygen atoms in total. The standard InChI is InChI=1S/C21H36N4O.CH4O.2Co.4N3/c1-6-24(7-2)12-10-22-16-19-14-18(5)15-20(21(19)26)17-23-11-13-25(8-3)9-4;1-2;;;4*1-3-2/h14-17,26H,6-13H2,1-5H3;2H,1H3;;;;;;/q;;2*+3;4*-1/p-1. The van der Waals surface area contributed by atoms with Gasteiger partial charge in [-0.05, 0) is 49.8 Å². The van der Waals surface area contributed by atoms with E-state index in [2.05, 4.69) is 47.5 Å². The molecule has 42 heavy (non-hydrogen) atoms. The summed E-state index contributed by atoms with van der Waals surface area (Å²) in [6.07, 6.45) is 3.43. The Morgan fingerprint density at radius 2 is 0.905 bits per heavy atom. The molecule has 1 rings (SSSR count). The first-order chi connectivity index (χ1) is 19.2. The van der Waals surface area contributed by atoms with Crippen molar-refractivity contribution < 1.29 is 43.8 Å². The molecule has 1 aromatic rings. The number of hydrogen-bond acceptors (Lipinski definition) is 6. The van der Waals surface area contributed by atoms with E-state index in [9.17, 15) is 5.11 Å². The Bertz CT molecular complexity index is 835. The molecule has 0 saturated carbocycles. The van der Waals surface area contributed by atoms with Crippen LogP contribution in [0.15, 0.2) is 22.1 Å². The van der Waals surface area contributed by atoms with Gasteiger partial charge in [-0.2, -0.15) is 0 Å². The molecule has 0 bridgehead atoms. The average molecular weight is 678 g/mol. The Morgan fingerprint density at radius 3 is 1.12 bits per heavy atom. The number of nitrogens with zero attached hydrogens (tertiary/aromatic N) is 16. The van der Waals surface area contributed by atoms with Crippen LogP contribution in [0.3, 0.4) is 0 Å². The van der Waals surface area contributed by atoms with Crippen LogP contribution in [-0.2, 0) is 33.6 Å². The Morgan fingerprint density at radius 1 is 0.667 bits per heavy atom. The van der Waals surface area contributed by atoms with Crippen molar-refractivity contribution in [2.24, 2.45) is 9.98 Å². The van der Waals surface area contributed by atoms with Crippen molar-refractivity contribution in [1.29, 1.82) is 0 Å². The Labute approximate surface area is 268 Å². The number of aliphatic hydroxyl groups excluding tert-OH is 1. The summed E-state index contributed by atoms with van der Waals surface area (Å²) in [4.78, 5) is 19.5. The molecule has 1 aromatic carbocycles. The third-order valence-electron chi connectivity index (χ3n) is 4.63. The normalized spacial score (nSPS) is 8.50. The fourth-order valence-electron chi connectivity index (χ4n) is 2.83. The quantitative estimate of drug-likeness (QED) is 0.127. The Kier molecular flexibility index (Phi) is 61.4. The maximum Gasteiger partial charge on any atom is 3.00 e. The molecule has 0 fully saturated rings. The summed E-state index contributed by atoms with van der Waals surface area (Å²) in [5, 5.41) is 19.6. The van der Waals surface area contributed by atoms with Crippen LogP contribution in [-0.4, -0.2) is 86.8 Å². The van der Waals surface area contributed by atoms with Gasteiger partial charge in [0.1, 0.15) is 0 Å². The molecule has 0 aliphatic carbocycles. The van der Waals surface area contributed by atoms with Gasteiger partial charge in [0, 0.05) is 32.6 Å². The summed E-state index contributed by atoms with van der Waals surface area (Å²) >= 11 is 0. The van der Waals surface area contributed by atoms with Crippen molar-refractivity contribution >= 4 is 12.4 Å². The SMILES string of the molecule is CCN(CC)CCN=Cc1cc(C)cc(C=NCCN(CC)CC)c1[O-].CO.[Co+3].[Co+3].[N-]=[N+]=[N-].[N-]=[N+]=[N-].[N-]=[N+]=[N-].[N-]=[N+]=[N-]. The van der Waals surface area contributed by atoms with Gasteiger partial charge in [0.25, 0.3) is 0 Å². The molecule has 20 heteroatoms. The number of likely N-dealkylation sites (N-methyl/N-ethyl adjacent to an activating group) is 2. The second kappa shape index (κ2) is 47.3. The molecule has 0 aliphatic heterocycles. The summed E-state index contributed by atoms with van der Waals surface area (Å²) in [6.45, 7) is 18.0. The zero-order chi connectivity index (χ0) is 32.2. The molecular weight excluding hydrogens is 638 g/mol. The molecule has 0 aliphatic rings. The van der Waals surface area contributed by atoms with Crippen LogP contribution in [0.4, 0.5) is 0 Å². The third kappa shape index (κ3) is 38.6. The van der Waals surface area contributed by atoms with Gasteiger partial charge < -0.3 is 64.3 Å². The number of aryl methyl sites for hydroxylation is 1. The predicted octanol–water partition coefficient (Wildman–Crippen LogP) is 5.66. The van der Waals surface area contributed by atoms with Crippen molar-refractivity contribution in [2.45, 2.75) is 34.6 Å². The number of rotatable bonds is 12. The first-order valence-electron chi connectivity index (χ1n) is 11.9. The topological polar surface area (TPSA) is 309 Å². The summed E-state index contributed by atoms with van der Waals surface area (Å²) in [5.74, 6) is 0.00813. The Balaban J connectivity index is -0.000000130. The van der Waals surface area contributed by atoms with Gasteiger partial charge in [0.05, 0.1) is 13.1 Å². The minimum atomic E-state index is 0. The zero-order valence-corrected chi connectivity index (χ0v) is 26.7. The fraction of sp³-hybridized carbons (Fsp3) is 0.636. The van der Waals surface area contributed by atoms with Crippen LogP contribution in [0.2, 0.25) is 0 Å². The van der Waals surface area contributed by atoms with Crippen molar-refractivity contribution in [1.82, 2.24) is 9.80 Å². The van der Waals surface area contributed by atoms with E-state index in [0.717, 1.165) is 51.9 Å². The molecule has 0 atom stereocenters. The number of benzene rings is 1. The van der Waals surface area contributed by atoms with Crippen LogP contribution in [0.25, 0.3) is 63.9 Å². The predicted molar refractivity (Wildman–Crippen MR) is 160 cm³/mol. The van der Waals surface area contributed by atoms with E-state index in [4.69, 9.17) is 49.4 Å². The van der Waals surface area contributed by atoms with Crippen LogP contribution in [0, 0.1) is 6.92 Å². The van der Waals surface area contributed by atoms with E-state index in [0.29, 0.717) is 24.2 Å². The molecule has 0 aromatic heterocycles. The molecule has 0 unspecified atom stereocenters. The van der Waals surface area contributed by atoms with Crippen molar-refractivity contribution in [2.75, 3.05) is 59.5 Å². The second-order valence-electron chi connectivity index (χ2n) is 6.75. The molecule has 1 N–H and O–H groups in total. The third-order valence-corrected chi connectivity index (χ3v) is 4.63. The van der Waals surface area contributed by atoms with Gasteiger partial charge >= 0.3 is 33.6 Å². The number of aliphatic hydroxyl groups is 1. The first-order valence-corrected chi connectivity index (χ1v) is 11.9. The van der Waals surface area contributed by atoms with Gasteiger partial charge in [0.2, 0.25) is 0 Å². The monoisotopic (exact) mass is 677 g/mol. The summed E-state index contributed by atoms with van der Waals surface area (Å²) in [6, 6.07) is 3.80. The zero-order valence-electron chi connectivity index (χ0n) is 24.6. The smallest absolute Gasteiger partial charge is 0.872 e. The molecule has 0 saturated heterocycles. The summed E-state index contributed by atoms with van der Waals surface area (Å²) < 4.78 is 0. The van der Waals surface area contributed by atoms with Crippen molar-refractivity contribution in [3.05, 3.63) is 92.7 Å². The average Bonchev–Trinajstić information content (AvgIpc) is 2.94. The van der Waals surface area contributed by atoms with Gasteiger partial charge in [-0.25, -0.2) is 0 Å². The summed E-state index contributed by atoms with van der Waals surface area (Å²) in [7, 11) is 1.00. The van der Waals surface area contributed by atoms with Crippen LogP contribution < -0.4 is 5.11 Å². The fourth-order valence-corrected chi connectivity index (χ4v) is 2.83. The molecule has 0 radical (unpaired) electrons. The first kappa shape index (κ1) is 54.6. The number of hydrogen-bond donors (Lipinski definition) is 1. The van der Waals surface area contributed by atoms with E-state index in [1.807, 2.05) is 19.1 Å². The van der Waals surface area contributed by atoms with Crippen molar-refractivity contribution in [3.63, 3.8) is 0 Å². The number of aliphatic imine (C=N–C) groups is 2. The molecular formula is C22H39Co2N16O2+. The van der Waals surface area contributed by atoms with E-state index < -0.39 is 0 Å². The Hall–Kier alpha value is -3.51.